The number of benzene rings is 4. The number of nitrogens with one attached hydrogen (secondary N) is 5. The SMILES string of the molecule is O=P(CN[C@@H](Cc1ccc(-c2ccccc2)cc1)C1NNNN1)(Oc1ccccc1)Oc1ccccc1. The lowest BCUT2D eigenvalue weighted by Gasteiger charge is -2.27. The molecule has 9 heteroatoms. The van der Waals surface area contributed by atoms with E-state index in [-0.39, 0.29) is 18.5 Å². The maximum absolute atomic E-state index is 13.9. The van der Waals surface area contributed by atoms with Crippen molar-refractivity contribution in [3.05, 3.63) is 121 Å². The Morgan fingerprint density at radius 3 is 1.70 bits per heavy atom. The Morgan fingerprint density at radius 2 is 1.16 bits per heavy atom. The second-order valence-electron chi connectivity index (χ2n) is 8.67. The lowest BCUT2D eigenvalue weighted by Crippen LogP contribution is -2.53. The van der Waals surface area contributed by atoms with Crippen molar-refractivity contribution in [2.75, 3.05) is 6.29 Å². The molecule has 1 aliphatic rings. The van der Waals surface area contributed by atoms with Crippen molar-refractivity contribution in [3.8, 4) is 22.6 Å². The highest BCUT2D eigenvalue weighted by atomic mass is 31.2. The Morgan fingerprint density at radius 1 is 0.676 bits per heavy atom. The van der Waals surface area contributed by atoms with Crippen molar-refractivity contribution in [2.45, 2.75) is 18.6 Å². The summed E-state index contributed by atoms with van der Waals surface area (Å²) in [5.41, 5.74) is 15.5. The standard InChI is InChI=1S/C28H30N5O3P/c34-37(35-25-12-6-2-7-13-25,36-26-14-8-3-9-15-26)21-29-27(28-30-32-33-31-28)20-22-16-18-24(19-17-22)23-10-4-1-5-11-23/h1-19,27-33H,20-21H2/t27-/m0/s1. The molecule has 5 rings (SSSR count). The average Bonchev–Trinajstić information content (AvgIpc) is 3.48. The van der Waals surface area contributed by atoms with Crippen molar-refractivity contribution in [1.29, 1.82) is 0 Å². The largest absolute Gasteiger partial charge is 0.444 e. The third-order valence-electron chi connectivity index (χ3n) is 5.96. The van der Waals surface area contributed by atoms with Crippen LogP contribution >= 0.6 is 7.60 Å². The van der Waals surface area contributed by atoms with Gasteiger partial charge in [0.05, 0.1) is 0 Å². The maximum atomic E-state index is 13.9. The van der Waals surface area contributed by atoms with E-state index in [0.717, 1.165) is 11.1 Å². The van der Waals surface area contributed by atoms with Gasteiger partial charge in [-0.2, -0.15) is 11.1 Å². The van der Waals surface area contributed by atoms with Crippen LogP contribution in [0.1, 0.15) is 5.56 Å². The molecule has 5 N–H and O–H groups in total. The molecule has 1 atom stereocenters. The normalized spacial score (nSPS) is 14.8. The van der Waals surface area contributed by atoms with Gasteiger partial charge in [-0.15, -0.1) is 0 Å². The van der Waals surface area contributed by atoms with Gasteiger partial charge in [0.2, 0.25) is 0 Å². The highest BCUT2D eigenvalue weighted by Crippen LogP contribution is 2.47. The molecule has 0 saturated carbocycles. The minimum absolute atomic E-state index is 0.00339. The van der Waals surface area contributed by atoms with E-state index >= 15 is 0 Å². The lowest BCUT2D eigenvalue weighted by atomic mass is 10.00. The second kappa shape index (κ2) is 12.2. The molecule has 0 spiro atoms. The van der Waals surface area contributed by atoms with Crippen LogP contribution in [0.3, 0.4) is 0 Å². The van der Waals surface area contributed by atoms with Gasteiger partial charge in [0.25, 0.3) is 0 Å². The van der Waals surface area contributed by atoms with Crippen LogP contribution in [0.5, 0.6) is 11.5 Å². The summed E-state index contributed by atoms with van der Waals surface area (Å²) < 4.78 is 25.8. The fraction of sp³-hybridized carbons (Fsp3) is 0.143. The molecule has 0 bridgehead atoms. The molecular formula is C28H30N5O3P. The summed E-state index contributed by atoms with van der Waals surface area (Å²) in [5, 5.41) is 3.42. The molecule has 190 valence electrons. The summed E-state index contributed by atoms with van der Waals surface area (Å²) in [6.45, 7) is 0. The molecule has 4 aromatic carbocycles. The van der Waals surface area contributed by atoms with Gasteiger partial charge >= 0.3 is 7.60 Å². The van der Waals surface area contributed by atoms with E-state index in [1.807, 2.05) is 54.6 Å². The van der Waals surface area contributed by atoms with Gasteiger partial charge in [-0.25, -0.2) is 15.4 Å². The molecular weight excluding hydrogens is 485 g/mol. The molecule has 1 saturated heterocycles. The van der Waals surface area contributed by atoms with E-state index in [9.17, 15) is 4.57 Å². The van der Waals surface area contributed by atoms with Crippen molar-refractivity contribution in [1.82, 2.24) is 27.2 Å². The van der Waals surface area contributed by atoms with Crippen molar-refractivity contribution >= 4 is 7.60 Å². The van der Waals surface area contributed by atoms with Gasteiger partial charge < -0.3 is 9.05 Å². The predicted octanol–water partition coefficient (Wildman–Crippen LogP) is 4.61. The fourth-order valence-electron chi connectivity index (χ4n) is 4.09. The molecule has 8 nitrogen and oxygen atoms in total. The third kappa shape index (κ3) is 7.05. The quantitative estimate of drug-likeness (QED) is 0.185. The van der Waals surface area contributed by atoms with E-state index in [0.29, 0.717) is 17.9 Å². The molecule has 0 aliphatic carbocycles. The summed E-state index contributed by atoms with van der Waals surface area (Å²) in [7, 11) is -3.62. The summed E-state index contributed by atoms with van der Waals surface area (Å²) in [5.74, 6) is 0.967. The smallest absolute Gasteiger partial charge is 0.415 e. The Hall–Kier alpha value is -3.49. The fourth-order valence-corrected chi connectivity index (χ4v) is 5.60. The zero-order valence-corrected chi connectivity index (χ0v) is 21.1. The van der Waals surface area contributed by atoms with Gasteiger partial charge in [0.15, 0.2) is 0 Å². The number of rotatable bonds is 11. The zero-order chi connectivity index (χ0) is 25.3. The van der Waals surface area contributed by atoms with Crippen LogP contribution < -0.4 is 36.3 Å². The minimum Gasteiger partial charge on any atom is -0.415 e. The Bertz CT molecular complexity index is 1240. The first kappa shape index (κ1) is 25.2. The highest BCUT2D eigenvalue weighted by Gasteiger charge is 2.32. The van der Waals surface area contributed by atoms with Gasteiger partial charge in [-0.1, -0.05) is 91.0 Å². The highest BCUT2D eigenvalue weighted by molar-refractivity contribution is 7.54. The molecule has 1 aliphatic heterocycles. The molecule has 0 unspecified atom stereocenters. The molecule has 0 amide bonds. The van der Waals surface area contributed by atoms with Gasteiger partial charge in [0.1, 0.15) is 24.0 Å². The summed E-state index contributed by atoms with van der Waals surface area (Å²) in [6.07, 6.45) is 0.485. The lowest BCUT2D eigenvalue weighted by molar-refractivity contribution is 0.347. The van der Waals surface area contributed by atoms with Crippen LogP contribution in [0.15, 0.2) is 115 Å². The van der Waals surface area contributed by atoms with Gasteiger partial charge in [0, 0.05) is 6.04 Å². The van der Waals surface area contributed by atoms with Gasteiger partial charge in [-0.3, -0.25) is 5.32 Å². The molecule has 37 heavy (non-hydrogen) atoms. The van der Waals surface area contributed by atoms with Crippen molar-refractivity contribution in [2.24, 2.45) is 0 Å². The third-order valence-corrected chi connectivity index (χ3v) is 7.51. The first-order valence-electron chi connectivity index (χ1n) is 12.1. The summed E-state index contributed by atoms with van der Waals surface area (Å²) in [4.78, 5) is 0. The number of hydrogen-bond acceptors (Lipinski definition) is 8. The monoisotopic (exact) mass is 515 g/mol. The Kier molecular flexibility index (Phi) is 8.28. The Labute approximate surface area is 216 Å². The second-order valence-corrected chi connectivity index (χ2v) is 10.6. The van der Waals surface area contributed by atoms with E-state index in [1.54, 1.807) is 24.3 Å². The number of para-hydroxylation sites is 2. The number of hydrazine groups is 3. The zero-order valence-electron chi connectivity index (χ0n) is 20.2. The van der Waals surface area contributed by atoms with E-state index in [1.165, 1.54) is 5.56 Å². The summed E-state index contributed by atoms with van der Waals surface area (Å²) in [6, 6.07) is 36.8. The molecule has 0 aromatic heterocycles. The van der Waals surface area contributed by atoms with Crippen LogP contribution in [-0.4, -0.2) is 18.5 Å². The molecule has 1 fully saturated rings. The topological polar surface area (TPSA) is 95.7 Å². The summed E-state index contributed by atoms with van der Waals surface area (Å²) >= 11 is 0. The molecule has 4 aromatic rings. The van der Waals surface area contributed by atoms with Crippen molar-refractivity contribution in [3.63, 3.8) is 0 Å². The van der Waals surface area contributed by atoms with E-state index in [4.69, 9.17) is 9.05 Å². The van der Waals surface area contributed by atoms with Crippen LogP contribution in [0.2, 0.25) is 0 Å². The van der Waals surface area contributed by atoms with E-state index < -0.39 is 7.60 Å². The van der Waals surface area contributed by atoms with Crippen LogP contribution in [0, 0.1) is 0 Å². The first-order valence-corrected chi connectivity index (χ1v) is 13.9. The Balaban J connectivity index is 1.32. The average molecular weight is 516 g/mol. The van der Waals surface area contributed by atoms with Crippen LogP contribution in [0.25, 0.3) is 11.1 Å². The first-order chi connectivity index (χ1) is 18.2. The van der Waals surface area contributed by atoms with Crippen LogP contribution in [0.4, 0.5) is 0 Å². The molecule has 0 radical (unpaired) electrons. The molecule has 1 heterocycles. The van der Waals surface area contributed by atoms with E-state index in [2.05, 4.69) is 63.6 Å². The predicted molar refractivity (Wildman–Crippen MR) is 145 cm³/mol. The minimum atomic E-state index is -3.62. The van der Waals surface area contributed by atoms with Crippen LogP contribution in [-0.2, 0) is 11.0 Å². The van der Waals surface area contributed by atoms with Gasteiger partial charge in [-0.05, 0) is 47.4 Å². The maximum Gasteiger partial charge on any atom is 0.444 e. The van der Waals surface area contributed by atoms with Crippen molar-refractivity contribution < 1.29 is 13.6 Å². The number of hydrogen-bond donors (Lipinski definition) is 5.